The molecule has 1 aromatic heterocycles. The van der Waals surface area contributed by atoms with Crippen molar-refractivity contribution >= 4 is 17.7 Å². The number of anilines is 1. The average Bonchev–Trinajstić information content (AvgIpc) is 3.30. The molecule has 1 amide bonds. The summed E-state index contributed by atoms with van der Waals surface area (Å²) in [6.45, 7) is 3.64. The normalized spacial score (nSPS) is 13.8. The Morgan fingerprint density at radius 1 is 1.23 bits per heavy atom. The number of halogens is 1. The predicted molar refractivity (Wildman–Crippen MR) is 110 cm³/mol. The van der Waals surface area contributed by atoms with Gasteiger partial charge in [0.2, 0.25) is 0 Å². The van der Waals surface area contributed by atoms with Gasteiger partial charge in [0, 0.05) is 18.7 Å². The minimum absolute atomic E-state index is 0.329. The number of carbonyl (C=O) groups excluding carboxylic acids is 2. The summed E-state index contributed by atoms with van der Waals surface area (Å²) in [5.41, 5.74) is 2.77. The highest BCUT2D eigenvalue weighted by Gasteiger charge is 2.22. The molecule has 0 unspecified atom stereocenters. The topological polar surface area (TPSA) is 84.1 Å². The van der Waals surface area contributed by atoms with Crippen LogP contribution in [0.4, 0.5) is 10.2 Å². The van der Waals surface area contributed by atoms with Crippen molar-refractivity contribution in [3.05, 3.63) is 52.5 Å². The Hall–Kier alpha value is -3.14. The second-order valence-electron chi connectivity index (χ2n) is 7.82. The Morgan fingerprint density at radius 3 is 2.53 bits per heavy atom. The number of aromatic nitrogens is 1. The fraction of sp³-hybridized carbons (Fsp3) is 0.435. The number of amides is 1. The molecule has 1 saturated carbocycles. The van der Waals surface area contributed by atoms with Crippen LogP contribution in [0.2, 0.25) is 0 Å². The van der Waals surface area contributed by atoms with Crippen LogP contribution in [0.1, 0.15) is 54.5 Å². The zero-order valence-corrected chi connectivity index (χ0v) is 17.3. The molecular weight excluding hydrogens is 385 g/mol. The number of esters is 1. The van der Waals surface area contributed by atoms with Gasteiger partial charge in [-0.05, 0) is 55.9 Å². The Kier molecular flexibility index (Phi) is 6.88. The van der Waals surface area contributed by atoms with E-state index in [4.69, 9.17) is 4.74 Å². The van der Waals surface area contributed by atoms with Crippen molar-refractivity contribution in [1.29, 1.82) is 5.26 Å². The van der Waals surface area contributed by atoms with E-state index in [2.05, 4.69) is 11.4 Å². The number of nitrogens with one attached hydrogen (secondary N) is 1. The van der Waals surface area contributed by atoms with E-state index >= 15 is 0 Å². The standard InChI is InChI=1S/C23H26FN3O3/c1-15-16(2)27(13-18-7-9-19(24)10-8-18)23(20(15)12-25)26-21(28)14-30-22(29)11-17-5-3-4-6-17/h7-10,17H,3-6,11,13-14H2,1-2H3,(H,26,28). The van der Waals surface area contributed by atoms with Crippen molar-refractivity contribution in [2.24, 2.45) is 5.92 Å². The summed E-state index contributed by atoms with van der Waals surface area (Å²) < 4.78 is 20.1. The molecule has 2 aromatic rings. The molecule has 0 spiro atoms. The SMILES string of the molecule is Cc1c(C#N)c(NC(=O)COC(=O)CC2CCCC2)n(Cc2ccc(F)cc2)c1C. The third-order valence-corrected chi connectivity index (χ3v) is 5.75. The van der Waals surface area contributed by atoms with Crippen molar-refractivity contribution < 1.29 is 18.7 Å². The molecule has 1 aliphatic rings. The van der Waals surface area contributed by atoms with Gasteiger partial charge in [-0.2, -0.15) is 5.26 Å². The highest BCUT2D eigenvalue weighted by molar-refractivity contribution is 5.93. The van der Waals surface area contributed by atoms with Crippen LogP contribution in [0.5, 0.6) is 0 Å². The Labute approximate surface area is 175 Å². The molecule has 1 heterocycles. The summed E-state index contributed by atoms with van der Waals surface area (Å²) in [5.74, 6) is -0.488. The quantitative estimate of drug-likeness (QED) is 0.691. The zero-order chi connectivity index (χ0) is 21.7. The minimum atomic E-state index is -0.496. The van der Waals surface area contributed by atoms with Crippen molar-refractivity contribution in [1.82, 2.24) is 4.57 Å². The maximum absolute atomic E-state index is 13.2. The molecule has 0 atom stereocenters. The lowest BCUT2D eigenvalue weighted by Gasteiger charge is -2.14. The van der Waals surface area contributed by atoms with Gasteiger partial charge in [-0.25, -0.2) is 4.39 Å². The summed E-state index contributed by atoms with van der Waals surface area (Å²) in [7, 11) is 0. The molecule has 1 aromatic carbocycles. The predicted octanol–water partition coefficient (Wildman–Crippen LogP) is 4.23. The van der Waals surface area contributed by atoms with E-state index in [1.807, 2.05) is 13.8 Å². The second kappa shape index (κ2) is 9.57. The maximum Gasteiger partial charge on any atom is 0.306 e. The first-order chi connectivity index (χ1) is 14.4. The Bertz CT molecular complexity index is 967. The molecule has 30 heavy (non-hydrogen) atoms. The van der Waals surface area contributed by atoms with Crippen LogP contribution in [0.3, 0.4) is 0 Å². The number of nitriles is 1. The number of hydrogen-bond donors (Lipinski definition) is 1. The van der Waals surface area contributed by atoms with Crippen LogP contribution in [0.25, 0.3) is 0 Å². The third-order valence-electron chi connectivity index (χ3n) is 5.75. The molecule has 1 N–H and O–H groups in total. The molecule has 0 radical (unpaired) electrons. The first-order valence-corrected chi connectivity index (χ1v) is 10.2. The van der Waals surface area contributed by atoms with Gasteiger partial charge in [0.25, 0.3) is 5.91 Å². The third kappa shape index (κ3) is 5.07. The molecule has 7 heteroatoms. The molecule has 0 bridgehead atoms. The number of rotatable bonds is 7. The van der Waals surface area contributed by atoms with Gasteiger partial charge in [-0.15, -0.1) is 0 Å². The molecule has 0 saturated heterocycles. The van der Waals surface area contributed by atoms with Gasteiger partial charge in [0.1, 0.15) is 17.7 Å². The van der Waals surface area contributed by atoms with Crippen LogP contribution >= 0.6 is 0 Å². The number of ether oxygens (including phenoxy) is 1. The van der Waals surface area contributed by atoms with Crippen LogP contribution in [0.15, 0.2) is 24.3 Å². The number of hydrogen-bond acceptors (Lipinski definition) is 4. The van der Waals surface area contributed by atoms with E-state index in [9.17, 15) is 19.2 Å². The van der Waals surface area contributed by atoms with E-state index in [1.54, 1.807) is 16.7 Å². The molecule has 158 valence electrons. The molecule has 0 aliphatic heterocycles. The van der Waals surface area contributed by atoms with Gasteiger partial charge < -0.3 is 14.6 Å². The summed E-state index contributed by atoms with van der Waals surface area (Å²) in [6, 6.07) is 8.19. The fourth-order valence-corrected chi connectivity index (χ4v) is 3.92. The van der Waals surface area contributed by atoms with Crippen LogP contribution in [-0.2, 0) is 20.9 Å². The fourth-order valence-electron chi connectivity index (χ4n) is 3.92. The minimum Gasteiger partial charge on any atom is -0.456 e. The van der Waals surface area contributed by atoms with E-state index < -0.39 is 12.5 Å². The molecule has 3 rings (SSSR count). The highest BCUT2D eigenvalue weighted by atomic mass is 19.1. The zero-order valence-electron chi connectivity index (χ0n) is 17.3. The lowest BCUT2D eigenvalue weighted by Crippen LogP contribution is -2.23. The average molecular weight is 411 g/mol. The first kappa shape index (κ1) is 21.6. The molecule has 6 nitrogen and oxygen atoms in total. The number of carbonyl (C=O) groups is 2. The van der Waals surface area contributed by atoms with Crippen molar-refractivity contribution in [2.45, 2.75) is 52.5 Å². The molecule has 1 aliphatic carbocycles. The van der Waals surface area contributed by atoms with Gasteiger partial charge in [-0.1, -0.05) is 25.0 Å². The lowest BCUT2D eigenvalue weighted by atomic mass is 10.1. The van der Waals surface area contributed by atoms with E-state index in [1.165, 1.54) is 12.1 Å². The monoisotopic (exact) mass is 411 g/mol. The first-order valence-electron chi connectivity index (χ1n) is 10.2. The van der Waals surface area contributed by atoms with Crippen molar-refractivity contribution in [2.75, 3.05) is 11.9 Å². The van der Waals surface area contributed by atoms with Crippen LogP contribution in [0, 0.1) is 36.9 Å². The number of benzene rings is 1. The van der Waals surface area contributed by atoms with E-state index in [-0.39, 0.29) is 11.8 Å². The van der Waals surface area contributed by atoms with E-state index in [0.717, 1.165) is 42.5 Å². The van der Waals surface area contributed by atoms with E-state index in [0.29, 0.717) is 30.3 Å². The highest BCUT2D eigenvalue weighted by Crippen LogP contribution is 2.28. The number of nitrogens with zero attached hydrogens (tertiary/aromatic N) is 2. The van der Waals surface area contributed by atoms with Gasteiger partial charge in [-0.3, -0.25) is 9.59 Å². The summed E-state index contributed by atoms with van der Waals surface area (Å²) >= 11 is 0. The van der Waals surface area contributed by atoms with Crippen molar-refractivity contribution in [3.63, 3.8) is 0 Å². The smallest absolute Gasteiger partial charge is 0.306 e. The maximum atomic E-state index is 13.2. The summed E-state index contributed by atoms with van der Waals surface area (Å²) in [5, 5.41) is 12.3. The van der Waals surface area contributed by atoms with Crippen molar-refractivity contribution in [3.8, 4) is 6.07 Å². The van der Waals surface area contributed by atoms with Crippen LogP contribution in [-0.4, -0.2) is 23.1 Å². The van der Waals surface area contributed by atoms with Gasteiger partial charge in [0.15, 0.2) is 6.61 Å². The summed E-state index contributed by atoms with van der Waals surface area (Å²) in [6.07, 6.45) is 4.68. The Morgan fingerprint density at radius 2 is 1.90 bits per heavy atom. The summed E-state index contributed by atoms with van der Waals surface area (Å²) in [4.78, 5) is 24.4. The second-order valence-corrected chi connectivity index (χ2v) is 7.82. The van der Waals surface area contributed by atoms with Gasteiger partial charge in [0.05, 0.1) is 5.56 Å². The van der Waals surface area contributed by atoms with Crippen LogP contribution < -0.4 is 5.32 Å². The Balaban J connectivity index is 1.69. The van der Waals surface area contributed by atoms with Gasteiger partial charge >= 0.3 is 5.97 Å². The molecular formula is C23H26FN3O3. The largest absolute Gasteiger partial charge is 0.456 e. The molecule has 1 fully saturated rings. The lowest BCUT2D eigenvalue weighted by molar-refractivity contribution is -0.148.